The molecule has 0 saturated carbocycles. The number of carbonyl (C=O) groups excluding carboxylic acids is 1. The molecular formula is C14H20N2O6S2. The van der Waals surface area contributed by atoms with E-state index in [1.165, 1.54) is 16.8 Å². The summed E-state index contributed by atoms with van der Waals surface area (Å²) >= 11 is 0.887. The lowest BCUT2D eigenvalue weighted by Gasteiger charge is -2.35. The number of rotatable bonds is 6. The second-order valence-corrected chi connectivity index (χ2v) is 8.40. The summed E-state index contributed by atoms with van der Waals surface area (Å²) in [6.07, 6.45) is 0.0460. The van der Waals surface area contributed by atoms with Crippen molar-refractivity contribution in [2.24, 2.45) is 0 Å². The lowest BCUT2D eigenvalue weighted by Crippen LogP contribution is -2.52. The normalized spacial score (nSPS) is 17.7. The van der Waals surface area contributed by atoms with Crippen LogP contribution in [0.1, 0.15) is 23.7 Å². The van der Waals surface area contributed by atoms with Crippen molar-refractivity contribution in [1.29, 1.82) is 0 Å². The molecule has 1 unspecified atom stereocenters. The van der Waals surface area contributed by atoms with E-state index >= 15 is 0 Å². The summed E-state index contributed by atoms with van der Waals surface area (Å²) in [5, 5.41) is 10.2. The molecule has 0 spiro atoms. The van der Waals surface area contributed by atoms with Crippen LogP contribution < -0.4 is 0 Å². The number of carbonyl (C=O) groups is 2. The summed E-state index contributed by atoms with van der Waals surface area (Å²) in [6.45, 7) is 2.77. The van der Waals surface area contributed by atoms with E-state index in [-0.39, 0.29) is 41.9 Å². The Bertz CT molecular complexity index is 703. The number of methoxy groups -OCH3 is 1. The number of nitrogens with zero attached hydrogens (tertiary/aromatic N) is 2. The van der Waals surface area contributed by atoms with Crippen LogP contribution in [-0.4, -0.2) is 74.0 Å². The number of thiophene rings is 1. The van der Waals surface area contributed by atoms with E-state index in [0.29, 0.717) is 6.42 Å². The van der Waals surface area contributed by atoms with E-state index in [1.54, 1.807) is 4.90 Å². The van der Waals surface area contributed by atoms with Gasteiger partial charge in [0.15, 0.2) is 0 Å². The summed E-state index contributed by atoms with van der Waals surface area (Å²) in [7, 11) is -2.26. The minimum Gasteiger partial charge on any atom is -0.478 e. The molecule has 1 aliphatic rings. The third-order valence-corrected chi connectivity index (χ3v) is 7.21. The van der Waals surface area contributed by atoms with Gasteiger partial charge in [-0.15, -0.1) is 11.3 Å². The highest BCUT2D eigenvalue weighted by atomic mass is 32.2. The first kappa shape index (κ1) is 18.8. The van der Waals surface area contributed by atoms with Gasteiger partial charge in [-0.05, 0) is 12.5 Å². The van der Waals surface area contributed by atoms with Crippen molar-refractivity contribution < 1.29 is 27.9 Å². The monoisotopic (exact) mass is 376 g/mol. The number of sulfonamides is 1. The fourth-order valence-corrected chi connectivity index (χ4v) is 5.21. The minimum atomic E-state index is -3.74. The molecule has 0 radical (unpaired) electrons. The Morgan fingerprint density at radius 2 is 1.96 bits per heavy atom. The predicted octanol–water partition coefficient (Wildman–Crippen LogP) is 0.704. The Labute approximate surface area is 144 Å². The SMILES string of the molecule is CCC(OC)C(=O)N1CCN(S(=O)(=O)c2cc(C(=O)O)cs2)CC1. The molecule has 1 aromatic rings. The molecule has 1 aliphatic heterocycles. The molecule has 0 aliphatic carbocycles. The lowest BCUT2D eigenvalue weighted by molar-refractivity contribution is -0.143. The van der Waals surface area contributed by atoms with Gasteiger partial charge >= 0.3 is 5.97 Å². The molecule has 2 heterocycles. The van der Waals surface area contributed by atoms with Crippen LogP contribution in [0.2, 0.25) is 0 Å². The van der Waals surface area contributed by atoms with Gasteiger partial charge < -0.3 is 14.7 Å². The molecule has 1 amide bonds. The molecular weight excluding hydrogens is 356 g/mol. The van der Waals surface area contributed by atoms with Crippen LogP contribution in [0.25, 0.3) is 0 Å². The van der Waals surface area contributed by atoms with Crippen LogP contribution in [0.3, 0.4) is 0 Å². The van der Waals surface area contributed by atoms with Crippen molar-refractivity contribution in [3.8, 4) is 0 Å². The lowest BCUT2D eigenvalue weighted by atomic mass is 10.2. The van der Waals surface area contributed by atoms with Crippen molar-refractivity contribution >= 4 is 33.2 Å². The van der Waals surface area contributed by atoms with Gasteiger partial charge in [0.25, 0.3) is 15.9 Å². The molecule has 2 rings (SSSR count). The van der Waals surface area contributed by atoms with Crippen LogP contribution in [0, 0.1) is 0 Å². The zero-order chi connectivity index (χ0) is 17.9. The van der Waals surface area contributed by atoms with Gasteiger partial charge in [0.2, 0.25) is 0 Å². The molecule has 0 aromatic carbocycles. The van der Waals surface area contributed by atoms with E-state index in [2.05, 4.69) is 0 Å². The maximum atomic E-state index is 12.6. The highest BCUT2D eigenvalue weighted by molar-refractivity contribution is 7.91. The van der Waals surface area contributed by atoms with Crippen molar-refractivity contribution in [3.05, 3.63) is 17.0 Å². The number of carboxylic acid groups (broad SMARTS) is 1. The van der Waals surface area contributed by atoms with E-state index in [0.717, 1.165) is 17.4 Å². The predicted molar refractivity (Wildman–Crippen MR) is 87.7 cm³/mol. The summed E-state index contributed by atoms with van der Waals surface area (Å²) in [5.74, 6) is -1.30. The van der Waals surface area contributed by atoms with Gasteiger partial charge in [0.1, 0.15) is 10.3 Å². The molecule has 10 heteroatoms. The average molecular weight is 376 g/mol. The highest BCUT2D eigenvalue weighted by Gasteiger charge is 2.33. The standard InChI is InChI=1S/C14H20N2O6S2/c1-3-11(22-2)13(17)15-4-6-16(7-5-15)24(20,21)12-8-10(9-23-12)14(18)19/h8-9,11H,3-7H2,1-2H3,(H,18,19). The number of hydrogen-bond donors (Lipinski definition) is 1. The summed E-state index contributed by atoms with van der Waals surface area (Å²) in [5.41, 5.74) is -0.0433. The Hall–Kier alpha value is -1.49. The minimum absolute atomic E-state index is 0.00278. The second kappa shape index (κ2) is 7.60. The summed E-state index contributed by atoms with van der Waals surface area (Å²) < 4.78 is 31.5. The van der Waals surface area contributed by atoms with Crippen molar-refractivity contribution in [2.75, 3.05) is 33.3 Å². The maximum absolute atomic E-state index is 12.6. The van der Waals surface area contributed by atoms with Gasteiger partial charge in [0.05, 0.1) is 5.56 Å². The first-order chi connectivity index (χ1) is 11.3. The van der Waals surface area contributed by atoms with Gasteiger partial charge in [-0.2, -0.15) is 4.31 Å². The molecule has 24 heavy (non-hydrogen) atoms. The maximum Gasteiger partial charge on any atom is 0.336 e. The molecule has 134 valence electrons. The zero-order valence-corrected chi connectivity index (χ0v) is 15.1. The molecule has 1 saturated heterocycles. The van der Waals surface area contributed by atoms with Gasteiger partial charge in [-0.25, -0.2) is 13.2 Å². The number of carboxylic acids is 1. The molecule has 8 nitrogen and oxygen atoms in total. The van der Waals surface area contributed by atoms with E-state index < -0.39 is 22.1 Å². The third-order valence-electron chi connectivity index (χ3n) is 3.90. The largest absolute Gasteiger partial charge is 0.478 e. The number of aromatic carboxylic acids is 1. The van der Waals surface area contributed by atoms with E-state index in [1.807, 2.05) is 6.92 Å². The molecule has 1 aromatic heterocycles. The van der Waals surface area contributed by atoms with Crippen LogP contribution in [0.4, 0.5) is 0 Å². The first-order valence-corrected chi connectivity index (χ1v) is 9.76. The quantitative estimate of drug-likeness (QED) is 0.784. The number of piperazine rings is 1. The highest BCUT2D eigenvalue weighted by Crippen LogP contribution is 2.25. The Balaban J connectivity index is 2.05. The van der Waals surface area contributed by atoms with Gasteiger partial charge in [-0.3, -0.25) is 4.79 Å². The van der Waals surface area contributed by atoms with E-state index in [9.17, 15) is 18.0 Å². The summed E-state index contributed by atoms with van der Waals surface area (Å²) in [4.78, 5) is 24.7. The van der Waals surface area contributed by atoms with E-state index in [4.69, 9.17) is 9.84 Å². The number of hydrogen-bond acceptors (Lipinski definition) is 6. The Kier molecular flexibility index (Phi) is 5.97. The zero-order valence-electron chi connectivity index (χ0n) is 13.5. The fourth-order valence-electron chi connectivity index (χ4n) is 2.49. The average Bonchev–Trinajstić information content (AvgIpc) is 3.07. The fraction of sp³-hybridized carbons (Fsp3) is 0.571. The first-order valence-electron chi connectivity index (χ1n) is 7.44. The van der Waals surface area contributed by atoms with Crippen LogP contribution >= 0.6 is 11.3 Å². The Morgan fingerprint density at radius 1 is 1.33 bits per heavy atom. The molecule has 1 fully saturated rings. The van der Waals surface area contributed by atoms with Crippen LogP contribution in [0.15, 0.2) is 15.7 Å². The topological polar surface area (TPSA) is 104 Å². The molecule has 1 N–H and O–H groups in total. The van der Waals surface area contributed by atoms with Gasteiger partial charge in [-0.1, -0.05) is 6.92 Å². The summed E-state index contributed by atoms with van der Waals surface area (Å²) in [6, 6.07) is 1.16. The molecule has 1 atom stereocenters. The van der Waals surface area contributed by atoms with Crippen molar-refractivity contribution in [2.45, 2.75) is 23.7 Å². The third kappa shape index (κ3) is 3.77. The smallest absolute Gasteiger partial charge is 0.336 e. The second-order valence-electron chi connectivity index (χ2n) is 5.32. The van der Waals surface area contributed by atoms with Crippen molar-refractivity contribution in [3.63, 3.8) is 0 Å². The number of ether oxygens (including phenoxy) is 1. The van der Waals surface area contributed by atoms with Crippen LogP contribution in [0.5, 0.6) is 0 Å². The van der Waals surface area contributed by atoms with Gasteiger partial charge in [0, 0.05) is 38.7 Å². The van der Waals surface area contributed by atoms with Crippen molar-refractivity contribution in [1.82, 2.24) is 9.21 Å². The molecule has 0 bridgehead atoms. The Morgan fingerprint density at radius 3 is 2.42 bits per heavy atom. The number of amides is 1. The van der Waals surface area contributed by atoms with Crippen LogP contribution in [-0.2, 0) is 19.6 Å².